The van der Waals surface area contributed by atoms with Crippen LogP contribution in [0, 0.1) is 0 Å². The molecule has 5 heteroatoms. The number of amides is 1. The Balaban J connectivity index is 2.91. The molecule has 0 aromatic heterocycles. The zero-order valence-electron chi connectivity index (χ0n) is 6.15. The van der Waals surface area contributed by atoms with Crippen LogP contribution in [0.25, 0.3) is 0 Å². The minimum atomic E-state index is -1.14. The maximum atomic E-state index is 10.7. The van der Waals surface area contributed by atoms with Crippen LogP contribution in [0.3, 0.4) is 0 Å². The molecule has 0 saturated heterocycles. The van der Waals surface area contributed by atoms with E-state index in [-0.39, 0.29) is 5.57 Å². The van der Waals surface area contributed by atoms with Crippen LogP contribution in [0.4, 0.5) is 0 Å². The van der Waals surface area contributed by atoms with Gasteiger partial charge in [-0.3, -0.25) is 4.79 Å². The number of primary amides is 1. The van der Waals surface area contributed by atoms with Crippen molar-refractivity contribution >= 4 is 11.9 Å². The molecular formula is C7H8N2O3. The van der Waals surface area contributed by atoms with E-state index in [0.29, 0.717) is 0 Å². The highest BCUT2D eigenvalue weighted by Gasteiger charge is 2.25. The summed E-state index contributed by atoms with van der Waals surface area (Å²) in [7, 11) is 0. The number of carbonyl (C=O) groups excluding carboxylic acids is 1. The minimum absolute atomic E-state index is 0.0370. The van der Waals surface area contributed by atoms with Crippen LogP contribution in [0.15, 0.2) is 23.9 Å². The number of nitrogens with one attached hydrogen (secondary N) is 1. The minimum Gasteiger partial charge on any atom is -0.478 e. The van der Waals surface area contributed by atoms with Crippen LogP contribution in [-0.2, 0) is 9.59 Å². The molecule has 1 aliphatic heterocycles. The lowest BCUT2D eigenvalue weighted by Crippen LogP contribution is -2.43. The van der Waals surface area contributed by atoms with Gasteiger partial charge >= 0.3 is 5.97 Å². The van der Waals surface area contributed by atoms with E-state index in [1.165, 1.54) is 18.4 Å². The summed E-state index contributed by atoms with van der Waals surface area (Å²) in [6, 6.07) is -0.924. The molecule has 0 fully saturated rings. The van der Waals surface area contributed by atoms with Crippen LogP contribution < -0.4 is 11.1 Å². The number of hydrogen-bond donors (Lipinski definition) is 3. The molecule has 12 heavy (non-hydrogen) atoms. The Hall–Kier alpha value is -1.78. The Labute approximate surface area is 68.6 Å². The summed E-state index contributed by atoms with van der Waals surface area (Å²) >= 11 is 0. The van der Waals surface area contributed by atoms with E-state index >= 15 is 0 Å². The number of aliphatic carboxylic acids is 1. The molecule has 1 atom stereocenters. The van der Waals surface area contributed by atoms with Crippen molar-refractivity contribution in [1.29, 1.82) is 0 Å². The number of rotatable bonds is 2. The normalized spacial score (nSPS) is 21.0. The van der Waals surface area contributed by atoms with Gasteiger partial charge < -0.3 is 16.2 Å². The van der Waals surface area contributed by atoms with Crippen molar-refractivity contribution < 1.29 is 14.7 Å². The molecule has 0 spiro atoms. The second-order valence-corrected chi connectivity index (χ2v) is 2.29. The van der Waals surface area contributed by atoms with Gasteiger partial charge in [0.1, 0.15) is 6.04 Å². The quantitative estimate of drug-likeness (QED) is 0.491. The first-order chi connectivity index (χ1) is 5.63. The van der Waals surface area contributed by atoms with Crippen molar-refractivity contribution in [2.24, 2.45) is 5.73 Å². The fourth-order valence-electron chi connectivity index (χ4n) is 0.920. The van der Waals surface area contributed by atoms with Gasteiger partial charge in [0.25, 0.3) is 0 Å². The zero-order valence-corrected chi connectivity index (χ0v) is 6.15. The van der Waals surface area contributed by atoms with Gasteiger partial charge in [0.05, 0.1) is 5.57 Å². The Bertz CT molecular complexity index is 280. The molecule has 0 aromatic rings. The van der Waals surface area contributed by atoms with Crippen molar-refractivity contribution in [3.8, 4) is 0 Å². The summed E-state index contributed by atoms with van der Waals surface area (Å²) in [5.41, 5.74) is 4.92. The molecule has 0 aromatic carbocycles. The lowest BCUT2D eigenvalue weighted by molar-refractivity contribution is -0.134. The highest BCUT2D eigenvalue weighted by atomic mass is 16.4. The Morgan fingerprint density at radius 2 is 2.25 bits per heavy atom. The fraction of sp³-hybridized carbons (Fsp3) is 0.143. The van der Waals surface area contributed by atoms with Crippen molar-refractivity contribution in [2.75, 3.05) is 0 Å². The Morgan fingerprint density at radius 3 is 2.67 bits per heavy atom. The van der Waals surface area contributed by atoms with Gasteiger partial charge in [-0.1, -0.05) is 0 Å². The van der Waals surface area contributed by atoms with Crippen molar-refractivity contribution in [3.63, 3.8) is 0 Å². The molecule has 0 radical (unpaired) electrons. The molecule has 1 amide bonds. The number of carboxylic acid groups (broad SMARTS) is 1. The largest absolute Gasteiger partial charge is 0.478 e. The van der Waals surface area contributed by atoms with Gasteiger partial charge in [-0.25, -0.2) is 4.79 Å². The number of hydrogen-bond acceptors (Lipinski definition) is 3. The third kappa shape index (κ3) is 1.45. The van der Waals surface area contributed by atoms with E-state index in [0.717, 1.165) is 0 Å². The number of dihydropyridines is 1. The van der Waals surface area contributed by atoms with E-state index in [2.05, 4.69) is 5.32 Å². The maximum Gasteiger partial charge on any atom is 0.334 e. The summed E-state index contributed by atoms with van der Waals surface area (Å²) in [4.78, 5) is 21.2. The highest BCUT2D eigenvalue weighted by molar-refractivity contribution is 5.98. The van der Waals surface area contributed by atoms with E-state index in [1.54, 1.807) is 0 Å². The average molecular weight is 168 g/mol. The van der Waals surface area contributed by atoms with Crippen molar-refractivity contribution in [3.05, 3.63) is 23.9 Å². The van der Waals surface area contributed by atoms with E-state index in [1.807, 2.05) is 0 Å². The van der Waals surface area contributed by atoms with Gasteiger partial charge in [-0.15, -0.1) is 0 Å². The van der Waals surface area contributed by atoms with Crippen LogP contribution in [-0.4, -0.2) is 23.0 Å². The second-order valence-electron chi connectivity index (χ2n) is 2.29. The second kappa shape index (κ2) is 3.08. The SMILES string of the molecule is NC(=O)C1NC=CC=C1C(=O)O. The van der Waals surface area contributed by atoms with Gasteiger partial charge in [0, 0.05) is 0 Å². The molecule has 1 aliphatic rings. The molecule has 0 aliphatic carbocycles. The molecule has 1 unspecified atom stereocenters. The molecular weight excluding hydrogens is 160 g/mol. The molecule has 0 bridgehead atoms. The standard InChI is InChI=1S/C7H8N2O3/c8-6(10)5-4(7(11)12)2-1-3-9-5/h1-3,5,9H,(H2,8,10)(H,11,12). The molecule has 1 rings (SSSR count). The highest BCUT2D eigenvalue weighted by Crippen LogP contribution is 2.06. The predicted molar refractivity (Wildman–Crippen MR) is 41.0 cm³/mol. The fourth-order valence-corrected chi connectivity index (χ4v) is 0.920. The van der Waals surface area contributed by atoms with Crippen LogP contribution in [0.5, 0.6) is 0 Å². The summed E-state index contributed by atoms with van der Waals surface area (Å²) in [6.45, 7) is 0. The van der Waals surface area contributed by atoms with Crippen molar-refractivity contribution in [1.82, 2.24) is 5.32 Å². The predicted octanol–water partition coefficient (Wildman–Crippen LogP) is -1.03. The van der Waals surface area contributed by atoms with E-state index < -0.39 is 17.9 Å². The number of allylic oxidation sites excluding steroid dienone is 2. The lowest BCUT2D eigenvalue weighted by Gasteiger charge is -2.16. The average Bonchev–Trinajstić information content (AvgIpc) is 2.04. The number of nitrogens with two attached hydrogens (primary N) is 1. The summed E-state index contributed by atoms with van der Waals surface area (Å²) < 4.78 is 0. The maximum absolute atomic E-state index is 10.7. The topological polar surface area (TPSA) is 92.4 Å². The van der Waals surface area contributed by atoms with E-state index in [4.69, 9.17) is 10.8 Å². The van der Waals surface area contributed by atoms with E-state index in [9.17, 15) is 9.59 Å². The molecule has 1 heterocycles. The lowest BCUT2D eigenvalue weighted by atomic mass is 10.0. The van der Waals surface area contributed by atoms with Crippen LogP contribution >= 0.6 is 0 Å². The van der Waals surface area contributed by atoms with Crippen molar-refractivity contribution in [2.45, 2.75) is 6.04 Å². The number of carboxylic acids is 1. The van der Waals surface area contributed by atoms with Gasteiger partial charge in [-0.05, 0) is 18.4 Å². The van der Waals surface area contributed by atoms with Gasteiger partial charge in [0.15, 0.2) is 0 Å². The molecule has 0 saturated carbocycles. The molecule has 5 nitrogen and oxygen atoms in total. The Kier molecular flexibility index (Phi) is 2.14. The zero-order chi connectivity index (χ0) is 9.14. The molecule has 64 valence electrons. The monoisotopic (exact) mass is 168 g/mol. The van der Waals surface area contributed by atoms with Crippen LogP contribution in [0.1, 0.15) is 0 Å². The van der Waals surface area contributed by atoms with Gasteiger partial charge in [-0.2, -0.15) is 0 Å². The number of carbonyl (C=O) groups is 2. The summed E-state index contributed by atoms with van der Waals surface area (Å²) in [6.07, 6.45) is 4.32. The third-order valence-corrected chi connectivity index (χ3v) is 1.48. The summed E-state index contributed by atoms with van der Waals surface area (Å²) in [5.74, 6) is -1.84. The first-order valence-electron chi connectivity index (χ1n) is 3.28. The summed E-state index contributed by atoms with van der Waals surface area (Å²) in [5, 5.41) is 11.2. The molecule has 4 N–H and O–H groups in total. The van der Waals surface area contributed by atoms with Crippen LogP contribution in [0.2, 0.25) is 0 Å². The first kappa shape index (κ1) is 8.32. The Morgan fingerprint density at radius 1 is 1.58 bits per heavy atom. The van der Waals surface area contributed by atoms with Gasteiger partial charge in [0.2, 0.25) is 5.91 Å². The third-order valence-electron chi connectivity index (χ3n) is 1.48. The smallest absolute Gasteiger partial charge is 0.334 e. The first-order valence-corrected chi connectivity index (χ1v) is 3.28.